The second-order valence-electron chi connectivity index (χ2n) is 6.24. The first-order valence-corrected chi connectivity index (χ1v) is 8.42. The molecule has 3 heterocycles. The van der Waals surface area contributed by atoms with E-state index < -0.39 is 0 Å². The van der Waals surface area contributed by atoms with Crippen LogP contribution in [0.5, 0.6) is 0 Å². The Morgan fingerprint density at radius 1 is 1.17 bits per heavy atom. The fourth-order valence-corrected chi connectivity index (χ4v) is 3.60. The van der Waals surface area contributed by atoms with Crippen molar-refractivity contribution < 1.29 is 9.21 Å². The maximum atomic E-state index is 12.3. The summed E-state index contributed by atoms with van der Waals surface area (Å²) in [5.74, 6) is 0. The van der Waals surface area contributed by atoms with Crippen LogP contribution in [0.2, 0.25) is 0 Å². The molecule has 1 aromatic carbocycles. The summed E-state index contributed by atoms with van der Waals surface area (Å²) >= 11 is 0. The van der Waals surface area contributed by atoms with Crippen LogP contribution < -0.4 is 4.90 Å². The van der Waals surface area contributed by atoms with E-state index in [0.717, 1.165) is 56.7 Å². The van der Waals surface area contributed by atoms with Crippen LogP contribution in [0, 0.1) is 0 Å². The summed E-state index contributed by atoms with van der Waals surface area (Å²) in [5.41, 5.74) is 1.73. The number of rotatable bonds is 3. The van der Waals surface area contributed by atoms with Gasteiger partial charge in [0.05, 0.1) is 0 Å². The van der Waals surface area contributed by atoms with Crippen LogP contribution in [0.25, 0.3) is 11.1 Å². The van der Waals surface area contributed by atoms with Crippen LogP contribution in [0.15, 0.2) is 28.7 Å². The van der Waals surface area contributed by atoms with Gasteiger partial charge in [0.25, 0.3) is 6.01 Å². The van der Waals surface area contributed by atoms with E-state index in [9.17, 15) is 4.79 Å². The molecule has 1 aromatic heterocycles. The maximum absolute atomic E-state index is 12.3. The minimum absolute atomic E-state index is 0.202. The molecule has 0 radical (unpaired) electrons. The predicted octanol–water partition coefficient (Wildman–Crippen LogP) is 2.55. The molecule has 0 unspecified atom stereocenters. The van der Waals surface area contributed by atoms with Gasteiger partial charge >= 0.3 is 6.03 Å². The number of nitrogens with zero attached hydrogens (tertiary/aromatic N) is 4. The Balaban J connectivity index is 1.42. The van der Waals surface area contributed by atoms with Gasteiger partial charge < -0.3 is 19.1 Å². The first-order valence-electron chi connectivity index (χ1n) is 8.42. The fraction of sp³-hybridized carbons (Fsp3) is 0.529. The second kappa shape index (κ2) is 5.76. The van der Waals surface area contributed by atoms with Crippen molar-refractivity contribution in [2.45, 2.75) is 25.8 Å². The molecule has 0 saturated carbocycles. The van der Waals surface area contributed by atoms with Gasteiger partial charge in [0.15, 0.2) is 5.58 Å². The first-order chi connectivity index (χ1) is 11.3. The summed E-state index contributed by atoms with van der Waals surface area (Å²) in [4.78, 5) is 23.0. The minimum atomic E-state index is 0.202. The quantitative estimate of drug-likeness (QED) is 0.874. The zero-order valence-electron chi connectivity index (χ0n) is 13.4. The van der Waals surface area contributed by atoms with Gasteiger partial charge in [-0.1, -0.05) is 12.1 Å². The molecule has 2 aliphatic rings. The van der Waals surface area contributed by atoms with Crippen molar-refractivity contribution in [1.82, 2.24) is 14.8 Å². The van der Waals surface area contributed by atoms with Crippen LogP contribution >= 0.6 is 0 Å². The third-order valence-corrected chi connectivity index (χ3v) is 4.97. The standard InChI is InChI=1S/C17H22N4O2/c1-2-19-11-12-21(17(19)22)13-7-9-20(10-8-13)16-18-14-5-3-4-6-15(14)23-16/h3-6,13H,2,7-12H2,1H3. The third-order valence-electron chi connectivity index (χ3n) is 4.97. The van der Waals surface area contributed by atoms with Gasteiger partial charge in [0.2, 0.25) is 0 Å². The number of likely N-dealkylation sites (N-methyl/N-ethyl adjacent to an activating group) is 1. The molecule has 2 fully saturated rings. The van der Waals surface area contributed by atoms with Gasteiger partial charge in [-0.25, -0.2) is 4.79 Å². The van der Waals surface area contributed by atoms with Crippen molar-refractivity contribution in [2.24, 2.45) is 0 Å². The smallest absolute Gasteiger partial charge is 0.320 e. The Bertz CT molecular complexity index is 672. The van der Waals surface area contributed by atoms with Crippen molar-refractivity contribution >= 4 is 23.1 Å². The number of hydrogen-bond acceptors (Lipinski definition) is 4. The molecule has 2 saturated heterocycles. The Morgan fingerprint density at radius 3 is 2.65 bits per heavy atom. The molecule has 2 amide bonds. The molecule has 0 spiro atoms. The monoisotopic (exact) mass is 314 g/mol. The van der Waals surface area contributed by atoms with Gasteiger partial charge in [-0.05, 0) is 31.9 Å². The summed E-state index contributed by atoms with van der Waals surface area (Å²) in [7, 11) is 0. The lowest BCUT2D eigenvalue weighted by Crippen LogP contribution is -2.46. The zero-order valence-corrected chi connectivity index (χ0v) is 13.4. The number of oxazole rings is 1. The topological polar surface area (TPSA) is 52.8 Å². The lowest BCUT2D eigenvalue weighted by Gasteiger charge is -2.35. The van der Waals surface area contributed by atoms with E-state index in [4.69, 9.17) is 4.42 Å². The Kier molecular flexibility index (Phi) is 3.59. The van der Waals surface area contributed by atoms with E-state index in [1.54, 1.807) is 0 Å². The highest BCUT2D eigenvalue weighted by molar-refractivity contribution is 5.77. The molecular formula is C17H22N4O2. The number of anilines is 1. The van der Waals surface area contributed by atoms with E-state index in [0.29, 0.717) is 12.1 Å². The molecule has 0 atom stereocenters. The van der Waals surface area contributed by atoms with Crippen molar-refractivity contribution in [1.29, 1.82) is 0 Å². The summed E-state index contributed by atoms with van der Waals surface area (Å²) in [6.45, 7) is 6.33. The number of carbonyl (C=O) groups is 1. The predicted molar refractivity (Wildman–Crippen MR) is 88.6 cm³/mol. The van der Waals surface area contributed by atoms with E-state index in [1.807, 2.05) is 41.0 Å². The van der Waals surface area contributed by atoms with Crippen molar-refractivity contribution in [3.63, 3.8) is 0 Å². The molecule has 122 valence electrons. The molecule has 23 heavy (non-hydrogen) atoms. The highest BCUT2D eigenvalue weighted by Crippen LogP contribution is 2.27. The Morgan fingerprint density at radius 2 is 1.96 bits per heavy atom. The molecule has 0 aliphatic carbocycles. The fourth-order valence-electron chi connectivity index (χ4n) is 3.60. The van der Waals surface area contributed by atoms with E-state index in [-0.39, 0.29) is 6.03 Å². The van der Waals surface area contributed by atoms with Crippen molar-refractivity contribution in [3.8, 4) is 0 Å². The normalized spacial score (nSPS) is 20.0. The Labute approximate surface area is 135 Å². The number of aromatic nitrogens is 1. The number of amides is 2. The van der Waals surface area contributed by atoms with E-state index >= 15 is 0 Å². The van der Waals surface area contributed by atoms with Crippen LogP contribution in [0.3, 0.4) is 0 Å². The summed E-state index contributed by atoms with van der Waals surface area (Å²) in [6.07, 6.45) is 1.95. The van der Waals surface area contributed by atoms with Crippen molar-refractivity contribution in [2.75, 3.05) is 37.6 Å². The highest BCUT2D eigenvalue weighted by Gasteiger charge is 2.35. The average molecular weight is 314 g/mol. The van der Waals surface area contributed by atoms with Gasteiger partial charge in [0.1, 0.15) is 5.52 Å². The molecular weight excluding hydrogens is 292 g/mol. The average Bonchev–Trinajstić information content (AvgIpc) is 3.18. The number of fused-ring (bicyclic) bond motifs is 1. The largest absolute Gasteiger partial charge is 0.423 e. The van der Waals surface area contributed by atoms with Crippen molar-refractivity contribution in [3.05, 3.63) is 24.3 Å². The summed E-state index contributed by atoms with van der Waals surface area (Å²) in [5, 5.41) is 0. The van der Waals surface area contributed by atoms with Crippen LogP contribution in [-0.4, -0.2) is 59.6 Å². The molecule has 6 heteroatoms. The van der Waals surface area contributed by atoms with Gasteiger partial charge in [-0.15, -0.1) is 0 Å². The second-order valence-corrected chi connectivity index (χ2v) is 6.24. The number of urea groups is 1. The lowest BCUT2D eigenvalue weighted by atomic mass is 10.0. The van der Waals surface area contributed by atoms with E-state index in [2.05, 4.69) is 9.88 Å². The number of hydrogen-bond donors (Lipinski definition) is 0. The van der Waals surface area contributed by atoms with Crippen LogP contribution in [-0.2, 0) is 0 Å². The highest BCUT2D eigenvalue weighted by atomic mass is 16.4. The summed E-state index contributed by atoms with van der Waals surface area (Å²) in [6, 6.07) is 9.10. The number of carbonyl (C=O) groups excluding carboxylic acids is 1. The van der Waals surface area contributed by atoms with Gasteiger partial charge in [-0.3, -0.25) is 0 Å². The van der Waals surface area contributed by atoms with Crippen LogP contribution in [0.4, 0.5) is 10.8 Å². The molecule has 6 nitrogen and oxygen atoms in total. The van der Waals surface area contributed by atoms with Crippen LogP contribution in [0.1, 0.15) is 19.8 Å². The number of para-hydroxylation sites is 2. The molecule has 4 rings (SSSR count). The SMILES string of the molecule is CCN1CCN(C2CCN(c3nc4ccccc4o3)CC2)C1=O. The summed E-state index contributed by atoms with van der Waals surface area (Å²) < 4.78 is 5.85. The first kappa shape index (κ1) is 14.4. The van der Waals surface area contributed by atoms with E-state index in [1.165, 1.54) is 0 Å². The maximum Gasteiger partial charge on any atom is 0.320 e. The number of piperidine rings is 1. The molecule has 0 N–H and O–H groups in total. The lowest BCUT2D eigenvalue weighted by molar-refractivity contribution is 0.169. The Hall–Kier alpha value is -2.24. The molecule has 0 bridgehead atoms. The molecule has 2 aromatic rings. The minimum Gasteiger partial charge on any atom is -0.423 e. The number of benzene rings is 1. The molecule has 2 aliphatic heterocycles. The van der Waals surface area contributed by atoms with Gasteiger partial charge in [0, 0.05) is 38.8 Å². The van der Waals surface area contributed by atoms with Gasteiger partial charge in [-0.2, -0.15) is 4.98 Å². The third kappa shape index (κ3) is 2.52. The zero-order chi connectivity index (χ0) is 15.8.